The molecule has 0 bridgehead atoms. The lowest BCUT2D eigenvalue weighted by atomic mass is 10.1. The highest BCUT2D eigenvalue weighted by Crippen LogP contribution is 2.22. The van der Waals surface area contributed by atoms with E-state index in [-0.39, 0.29) is 12.4 Å². The lowest BCUT2D eigenvalue weighted by Gasteiger charge is -2.12. The molecule has 0 radical (unpaired) electrons. The van der Waals surface area contributed by atoms with Gasteiger partial charge in [-0.3, -0.25) is 4.79 Å². The lowest BCUT2D eigenvalue weighted by Crippen LogP contribution is -2.16. The Bertz CT molecular complexity index is 1020. The largest absolute Gasteiger partial charge is 0.454 e. The number of aryl methyl sites for hydroxylation is 1. The molecule has 2 aromatic carbocycles. The predicted octanol–water partition coefficient (Wildman–Crippen LogP) is 4.53. The number of hydrogen-bond donors (Lipinski definition) is 1. The Hall–Kier alpha value is -3.38. The van der Waals surface area contributed by atoms with E-state index in [0.29, 0.717) is 30.0 Å². The van der Waals surface area contributed by atoms with Crippen LogP contribution in [0.1, 0.15) is 32.1 Å². The second-order valence-electron chi connectivity index (χ2n) is 6.97. The van der Waals surface area contributed by atoms with Gasteiger partial charge in [0.25, 0.3) is 0 Å². The summed E-state index contributed by atoms with van der Waals surface area (Å²) in [5, 5.41) is 3.21. The van der Waals surface area contributed by atoms with Crippen LogP contribution in [0.3, 0.4) is 0 Å². The number of ketones is 1. The van der Waals surface area contributed by atoms with Gasteiger partial charge in [0, 0.05) is 36.3 Å². The molecule has 0 saturated heterocycles. The number of carbonyl (C=O) groups excluding carboxylic acids is 2. The quantitative estimate of drug-likeness (QED) is 0.417. The van der Waals surface area contributed by atoms with Gasteiger partial charge in [-0.2, -0.15) is 0 Å². The maximum absolute atomic E-state index is 12.7. The SMILES string of the molecule is COCCn1c(C)cc(C(=O)COC(=O)c2ccccc2Nc2ccccc2)c1C. The molecule has 0 unspecified atom stereocenters. The molecule has 1 heterocycles. The molecule has 30 heavy (non-hydrogen) atoms. The molecule has 0 aliphatic rings. The third-order valence-corrected chi connectivity index (χ3v) is 4.93. The van der Waals surface area contributed by atoms with Gasteiger partial charge >= 0.3 is 5.97 Å². The number of anilines is 2. The number of hydrogen-bond acceptors (Lipinski definition) is 5. The van der Waals surface area contributed by atoms with Crippen molar-refractivity contribution in [3.63, 3.8) is 0 Å². The van der Waals surface area contributed by atoms with Crippen LogP contribution in [0.5, 0.6) is 0 Å². The molecular weight excluding hydrogens is 380 g/mol. The second-order valence-corrected chi connectivity index (χ2v) is 6.97. The van der Waals surface area contributed by atoms with E-state index in [0.717, 1.165) is 17.1 Å². The first kappa shape index (κ1) is 21.3. The molecule has 6 heteroatoms. The van der Waals surface area contributed by atoms with E-state index >= 15 is 0 Å². The summed E-state index contributed by atoms with van der Waals surface area (Å²) in [6.45, 7) is 4.74. The third-order valence-electron chi connectivity index (χ3n) is 4.93. The highest BCUT2D eigenvalue weighted by atomic mass is 16.5. The van der Waals surface area contributed by atoms with Crippen LogP contribution in [0.25, 0.3) is 0 Å². The van der Waals surface area contributed by atoms with Crippen molar-refractivity contribution in [2.75, 3.05) is 25.6 Å². The Morgan fingerprint density at radius 1 is 0.967 bits per heavy atom. The maximum atomic E-state index is 12.7. The number of ether oxygens (including phenoxy) is 2. The van der Waals surface area contributed by atoms with Crippen molar-refractivity contribution in [3.8, 4) is 0 Å². The zero-order chi connectivity index (χ0) is 21.5. The molecule has 3 rings (SSSR count). The minimum Gasteiger partial charge on any atom is -0.454 e. The smallest absolute Gasteiger partial charge is 0.340 e. The molecule has 0 saturated carbocycles. The Balaban J connectivity index is 1.68. The van der Waals surface area contributed by atoms with Gasteiger partial charge < -0.3 is 19.4 Å². The summed E-state index contributed by atoms with van der Waals surface area (Å²) in [6, 6.07) is 18.4. The summed E-state index contributed by atoms with van der Waals surface area (Å²) < 4.78 is 12.5. The van der Waals surface area contributed by atoms with Crippen LogP contribution in [0.2, 0.25) is 0 Å². The number of nitrogens with one attached hydrogen (secondary N) is 1. The van der Waals surface area contributed by atoms with Crippen LogP contribution in [-0.4, -0.2) is 36.6 Å². The van der Waals surface area contributed by atoms with Crippen LogP contribution < -0.4 is 5.32 Å². The fourth-order valence-corrected chi connectivity index (χ4v) is 3.34. The maximum Gasteiger partial charge on any atom is 0.340 e. The first-order valence-electron chi connectivity index (χ1n) is 9.78. The van der Waals surface area contributed by atoms with E-state index in [4.69, 9.17) is 9.47 Å². The standard InChI is InChI=1S/C24H26N2O4/c1-17-15-21(18(2)26(17)13-14-29-3)23(27)16-30-24(28)20-11-7-8-12-22(20)25-19-9-5-4-6-10-19/h4-12,15,25H,13-14,16H2,1-3H3. The molecule has 0 atom stereocenters. The molecule has 156 valence electrons. The van der Waals surface area contributed by atoms with Crippen LogP contribution >= 0.6 is 0 Å². The molecule has 0 fully saturated rings. The number of carbonyl (C=O) groups is 2. The summed E-state index contributed by atoms with van der Waals surface area (Å²) in [5.74, 6) is -0.774. The minimum atomic E-state index is -0.546. The van der Waals surface area contributed by atoms with Crippen molar-refractivity contribution in [1.29, 1.82) is 0 Å². The lowest BCUT2D eigenvalue weighted by molar-refractivity contribution is 0.0475. The summed E-state index contributed by atoms with van der Waals surface area (Å²) >= 11 is 0. The first-order valence-corrected chi connectivity index (χ1v) is 9.78. The number of nitrogens with zero attached hydrogens (tertiary/aromatic N) is 1. The van der Waals surface area contributed by atoms with Crippen LogP contribution in [-0.2, 0) is 16.0 Å². The number of methoxy groups -OCH3 is 1. The van der Waals surface area contributed by atoms with Gasteiger partial charge in [-0.05, 0) is 44.2 Å². The summed E-state index contributed by atoms with van der Waals surface area (Å²) in [4.78, 5) is 25.3. The average Bonchev–Trinajstić information content (AvgIpc) is 3.05. The Labute approximate surface area is 176 Å². The number of benzene rings is 2. The van der Waals surface area contributed by atoms with Gasteiger partial charge in [0.1, 0.15) is 0 Å². The third kappa shape index (κ3) is 4.96. The van der Waals surface area contributed by atoms with Gasteiger partial charge in [-0.1, -0.05) is 30.3 Å². The molecule has 6 nitrogen and oxygen atoms in total. The average molecular weight is 406 g/mol. The molecule has 0 aliphatic carbocycles. The van der Waals surface area contributed by atoms with E-state index in [1.807, 2.05) is 60.9 Å². The molecular formula is C24H26N2O4. The monoisotopic (exact) mass is 406 g/mol. The summed E-state index contributed by atoms with van der Waals surface area (Å²) in [5.41, 5.74) is 4.23. The molecule has 3 aromatic rings. The van der Waals surface area contributed by atoms with Crippen LogP contribution in [0.4, 0.5) is 11.4 Å². The number of rotatable bonds is 9. The Morgan fingerprint density at radius 3 is 2.40 bits per heavy atom. The number of esters is 1. The summed E-state index contributed by atoms with van der Waals surface area (Å²) in [6.07, 6.45) is 0. The predicted molar refractivity (Wildman–Crippen MR) is 117 cm³/mol. The first-order chi connectivity index (χ1) is 14.5. The van der Waals surface area contributed by atoms with Crippen molar-refractivity contribution < 1.29 is 19.1 Å². The minimum absolute atomic E-state index is 0.228. The van der Waals surface area contributed by atoms with E-state index in [9.17, 15) is 9.59 Å². The molecule has 1 N–H and O–H groups in total. The Kier molecular flexibility index (Phi) is 7.03. The Morgan fingerprint density at radius 2 is 1.67 bits per heavy atom. The number of Topliss-reactive ketones (excluding diaryl/α,β-unsaturated/α-hetero) is 1. The van der Waals surface area contributed by atoms with E-state index in [2.05, 4.69) is 5.32 Å². The van der Waals surface area contributed by atoms with Gasteiger partial charge in [0.15, 0.2) is 6.61 Å². The second kappa shape index (κ2) is 9.89. The zero-order valence-electron chi connectivity index (χ0n) is 17.5. The van der Waals surface area contributed by atoms with Crippen molar-refractivity contribution in [2.45, 2.75) is 20.4 Å². The van der Waals surface area contributed by atoms with Gasteiger partial charge in [0.2, 0.25) is 5.78 Å². The molecule has 0 aliphatic heterocycles. The highest BCUT2D eigenvalue weighted by molar-refractivity contribution is 6.02. The van der Waals surface area contributed by atoms with E-state index < -0.39 is 5.97 Å². The van der Waals surface area contributed by atoms with Crippen LogP contribution in [0.15, 0.2) is 60.7 Å². The zero-order valence-corrected chi connectivity index (χ0v) is 17.5. The van der Waals surface area contributed by atoms with Gasteiger partial charge in [0.05, 0.1) is 17.9 Å². The highest BCUT2D eigenvalue weighted by Gasteiger charge is 2.19. The van der Waals surface area contributed by atoms with E-state index in [1.54, 1.807) is 25.3 Å². The van der Waals surface area contributed by atoms with E-state index in [1.165, 1.54) is 0 Å². The topological polar surface area (TPSA) is 69.6 Å². The number of aromatic nitrogens is 1. The molecule has 0 spiro atoms. The van der Waals surface area contributed by atoms with Crippen molar-refractivity contribution in [3.05, 3.63) is 83.2 Å². The normalized spacial score (nSPS) is 10.6. The van der Waals surface area contributed by atoms with Gasteiger partial charge in [-0.15, -0.1) is 0 Å². The summed E-state index contributed by atoms with van der Waals surface area (Å²) in [7, 11) is 1.64. The van der Waals surface area contributed by atoms with Crippen molar-refractivity contribution in [1.82, 2.24) is 4.57 Å². The molecule has 1 aromatic heterocycles. The fourth-order valence-electron chi connectivity index (χ4n) is 3.34. The fraction of sp³-hybridized carbons (Fsp3) is 0.250. The number of para-hydroxylation sites is 2. The van der Waals surface area contributed by atoms with Crippen molar-refractivity contribution >= 4 is 23.1 Å². The van der Waals surface area contributed by atoms with Gasteiger partial charge in [-0.25, -0.2) is 4.79 Å². The van der Waals surface area contributed by atoms with Crippen LogP contribution in [0, 0.1) is 13.8 Å². The molecule has 0 amide bonds. The van der Waals surface area contributed by atoms with Crippen molar-refractivity contribution in [2.24, 2.45) is 0 Å².